The van der Waals surface area contributed by atoms with Crippen molar-refractivity contribution in [2.45, 2.75) is 33.2 Å². The predicted molar refractivity (Wildman–Crippen MR) is 130 cm³/mol. The maximum absolute atomic E-state index is 12.9. The van der Waals surface area contributed by atoms with Crippen molar-refractivity contribution in [3.8, 4) is 0 Å². The van der Waals surface area contributed by atoms with Crippen molar-refractivity contribution in [2.75, 3.05) is 38.0 Å². The number of rotatable bonds is 11. The monoisotopic (exact) mass is 452 g/mol. The first-order chi connectivity index (χ1) is 16.0. The van der Waals surface area contributed by atoms with Gasteiger partial charge in [-0.2, -0.15) is 0 Å². The summed E-state index contributed by atoms with van der Waals surface area (Å²) in [6, 6.07) is 11.4. The first-order valence-electron chi connectivity index (χ1n) is 11.2. The predicted octanol–water partition coefficient (Wildman–Crippen LogP) is 4.11. The molecule has 3 aromatic rings. The molecule has 3 rings (SSSR count). The van der Waals surface area contributed by atoms with Gasteiger partial charge in [-0.15, -0.1) is 0 Å². The van der Waals surface area contributed by atoms with Gasteiger partial charge >= 0.3 is 5.97 Å². The minimum atomic E-state index is -0.548. The third-order valence-corrected chi connectivity index (χ3v) is 5.62. The highest BCUT2D eigenvalue weighted by Gasteiger charge is 2.26. The summed E-state index contributed by atoms with van der Waals surface area (Å²) in [5, 5.41) is 7.01. The lowest BCUT2D eigenvalue weighted by molar-refractivity contribution is -0.115. The number of ether oxygens (including phenoxy) is 2. The largest absolute Gasteiger partial charge is 0.464 e. The Kier molecular flexibility index (Phi) is 8.43. The Balaban J connectivity index is 2.05. The first kappa shape index (κ1) is 24.3. The fraction of sp³-hybridized carbons (Fsp3) is 0.400. The van der Waals surface area contributed by atoms with Crippen molar-refractivity contribution in [3.05, 3.63) is 53.9 Å². The topological polar surface area (TPSA) is 94.5 Å². The van der Waals surface area contributed by atoms with Gasteiger partial charge in [0.15, 0.2) is 5.69 Å². The minimum Gasteiger partial charge on any atom is -0.464 e. The van der Waals surface area contributed by atoms with Crippen LogP contribution in [0.1, 0.15) is 36.3 Å². The fourth-order valence-corrected chi connectivity index (χ4v) is 3.56. The molecule has 1 amide bonds. The molecule has 0 radical (unpaired) electrons. The van der Waals surface area contributed by atoms with Gasteiger partial charge in [0.2, 0.25) is 5.91 Å². The van der Waals surface area contributed by atoms with Gasteiger partial charge in [-0.1, -0.05) is 50.6 Å². The summed E-state index contributed by atoms with van der Waals surface area (Å²) in [5.74, 6) is -0.272. The van der Waals surface area contributed by atoms with Crippen LogP contribution in [0.4, 0.5) is 11.4 Å². The lowest BCUT2D eigenvalue weighted by atomic mass is 10.1. The highest BCUT2D eigenvalue weighted by molar-refractivity contribution is 6.11. The number of esters is 1. The van der Waals surface area contributed by atoms with Crippen molar-refractivity contribution in [2.24, 2.45) is 5.92 Å². The van der Waals surface area contributed by atoms with E-state index in [1.165, 1.54) is 7.11 Å². The van der Waals surface area contributed by atoms with E-state index in [1.54, 1.807) is 17.9 Å². The highest BCUT2D eigenvalue weighted by Crippen LogP contribution is 2.33. The van der Waals surface area contributed by atoms with Crippen LogP contribution in [-0.4, -0.2) is 48.8 Å². The second-order valence-corrected chi connectivity index (χ2v) is 8.06. The average molecular weight is 453 g/mol. The van der Waals surface area contributed by atoms with Crippen LogP contribution >= 0.6 is 0 Å². The molecule has 0 bridgehead atoms. The molecule has 0 aliphatic rings. The lowest BCUT2D eigenvalue weighted by Crippen LogP contribution is -2.19. The van der Waals surface area contributed by atoms with E-state index in [0.717, 1.165) is 24.2 Å². The Bertz CT molecular complexity index is 1090. The van der Waals surface area contributed by atoms with Gasteiger partial charge in [-0.05, 0) is 17.5 Å². The number of carbonyl (C=O) groups is 2. The molecule has 8 heteroatoms. The number of pyridine rings is 1. The van der Waals surface area contributed by atoms with E-state index in [2.05, 4.69) is 29.5 Å². The molecule has 2 aromatic heterocycles. The van der Waals surface area contributed by atoms with Crippen LogP contribution in [0.2, 0.25) is 0 Å². The quantitative estimate of drug-likeness (QED) is 0.425. The molecule has 33 heavy (non-hydrogen) atoms. The summed E-state index contributed by atoms with van der Waals surface area (Å²) in [6.45, 7) is 5.88. The maximum atomic E-state index is 12.9. The Hall–Kier alpha value is -3.39. The van der Waals surface area contributed by atoms with Crippen LogP contribution in [-0.2, 0) is 27.2 Å². The lowest BCUT2D eigenvalue weighted by Gasteiger charge is -2.11. The third kappa shape index (κ3) is 5.90. The number of methoxy groups -OCH3 is 2. The van der Waals surface area contributed by atoms with Crippen molar-refractivity contribution in [3.63, 3.8) is 0 Å². The fourth-order valence-electron chi connectivity index (χ4n) is 3.56. The second-order valence-electron chi connectivity index (χ2n) is 8.06. The Morgan fingerprint density at radius 2 is 1.94 bits per heavy atom. The zero-order chi connectivity index (χ0) is 23.8. The van der Waals surface area contributed by atoms with Crippen molar-refractivity contribution >= 4 is 34.3 Å². The van der Waals surface area contributed by atoms with E-state index in [0.29, 0.717) is 35.8 Å². The van der Waals surface area contributed by atoms with Gasteiger partial charge in [-0.25, -0.2) is 9.78 Å². The van der Waals surface area contributed by atoms with Crippen molar-refractivity contribution in [1.29, 1.82) is 0 Å². The molecular weight excluding hydrogens is 420 g/mol. The number of hydrogen-bond donors (Lipinski definition) is 2. The smallest absolute Gasteiger partial charge is 0.356 e. The number of fused-ring (bicyclic) bond motifs is 1. The van der Waals surface area contributed by atoms with Crippen LogP contribution in [0.15, 0.2) is 42.6 Å². The zero-order valence-corrected chi connectivity index (χ0v) is 19.7. The van der Waals surface area contributed by atoms with E-state index in [1.807, 2.05) is 36.4 Å². The summed E-state index contributed by atoms with van der Waals surface area (Å²) >= 11 is 0. The van der Waals surface area contributed by atoms with E-state index in [4.69, 9.17) is 9.47 Å². The molecule has 8 nitrogen and oxygen atoms in total. The Morgan fingerprint density at radius 1 is 1.18 bits per heavy atom. The van der Waals surface area contributed by atoms with Gasteiger partial charge in [0.25, 0.3) is 0 Å². The molecule has 1 atom stereocenters. The summed E-state index contributed by atoms with van der Waals surface area (Å²) < 4.78 is 12.0. The van der Waals surface area contributed by atoms with Gasteiger partial charge in [0, 0.05) is 25.6 Å². The van der Waals surface area contributed by atoms with E-state index < -0.39 is 5.97 Å². The summed E-state index contributed by atoms with van der Waals surface area (Å²) in [5.41, 5.74) is 2.93. The van der Waals surface area contributed by atoms with Crippen LogP contribution in [0.3, 0.4) is 0 Å². The van der Waals surface area contributed by atoms with Crippen molar-refractivity contribution < 1.29 is 19.1 Å². The number of anilines is 2. The van der Waals surface area contributed by atoms with Gasteiger partial charge in [-0.3, -0.25) is 4.79 Å². The Morgan fingerprint density at radius 3 is 2.61 bits per heavy atom. The Labute approximate surface area is 194 Å². The number of hydrogen-bond acceptors (Lipinski definition) is 6. The highest BCUT2D eigenvalue weighted by atomic mass is 16.5. The molecule has 0 spiro atoms. The number of carbonyl (C=O) groups excluding carboxylic acids is 2. The zero-order valence-electron chi connectivity index (χ0n) is 19.7. The summed E-state index contributed by atoms with van der Waals surface area (Å²) in [4.78, 5) is 30.3. The normalized spacial score (nSPS) is 11.9. The molecule has 0 unspecified atom stereocenters. The van der Waals surface area contributed by atoms with Gasteiger partial charge in [0.05, 0.1) is 37.7 Å². The molecule has 0 aliphatic heterocycles. The number of nitrogens with one attached hydrogen (secondary N) is 2. The standard InChI is InChI=1S/C25H32N4O4/c1-5-17(2)15-26-19-14-20-22(28-21(30)13-18-9-7-6-8-10-18)23(25(31)33-4)29(11-12-32-3)24(20)27-16-19/h6-10,14,16-17,26H,5,11-13,15H2,1-4H3,(H,28,30)/t17-/m0/s1. The minimum absolute atomic E-state index is 0.186. The molecule has 0 aliphatic carbocycles. The van der Waals surface area contributed by atoms with Crippen LogP contribution in [0.25, 0.3) is 11.0 Å². The van der Waals surface area contributed by atoms with Crippen LogP contribution in [0, 0.1) is 5.92 Å². The SMILES string of the molecule is CC[C@H](C)CNc1cnc2c(c1)c(NC(=O)Cc1ccccc1)c(C(=O)OC)n2CCOC. The number of nitrogens with zero attached hydrogens (tertiary/aromatic N) is 2. The number of aromatic nitrogens is 2. The third-order valence-electron chi connectivity index (χ3n) is 5.62. The molecule has 2 heterocycles. The van der Waals surface area contributed by atoms with E-state index >= 15 is 0 Å². The molecular formula is C25H32N4O4. The maximum Gasteiger partial charge on any atom is 0.356 e. The number of benzene rings is 1. The van der Waals surface area contributed by atoms with Crippen LogP contribution in [0.5, 0.6) is 0 Å². The molecule has 0 saturated heterocycles. The van der Waals surface area contributed by atoms with Gasteiger partial charge in [0.1, 0.15) is 5.65 Å². The van der Waals surface area contributed by atoms with Gasteiger partial charge < -0.3 is 24.7 Å². The summed E-state index contributed by atoms with van der Waals surface area (Å²) in [7, 11) is 2.92. The molecule has 176 valence electrons. The molecule has 0 saturated carbocycles. The molecule has 1 aromatic carbocycles. The molecule has 0 fully saturated rings. The van der Waals surface area contributed by atoms with Crippen molar-refractivity contribution in [1.82, 2.24) is 9.55 Å². The first-order valence-corrected chi connectivity index (χ1v) is 11.2. The number of amides is 1. The second kappa shape index (κ2) is 11.5. The van der Waals surface area contributed by atoms with E-state index in [-0.39, 0.29) is 18.0 Å². The molecule has 2 N–H and O–H groups in total. The van der Waals surface area contributed by atoms with E-state index in [9.17, 15) is 9.59 Å². The summed E-state index contributed by atoms with van der Waals surface area (Å²) in [6.07, 6.45) is 2.99. The van der Waals surface area contributed by atoms with Crippen LogP contribution < -0.4 is 10.6 Å². The average Bonchev–Trinajstić information content (AvgIpc) is 3.13.